The molecular formula is C16H17BrN2O2. The van der Waals surface area contributed by atoms with Crippen molar-refractivity contribution in [3.8, 4) is 0 Å². The van der Waals surface area contributed by atoms with Crippen LogP contribution in [0.25, 0.3) is 0 Å². The number of carbonyl (C=O) groups is 1. The van der Waals surface area contributed by atoms with Crippen molar-refractivity contribution in [1.82, 2.24) is 9.88 Å². The second-order valence-electron chi connectivity index (χ2n) is 5.63. The van der Waals surface area contributed by atoms with E-state index in [0.717, 1.165) is 11.5 Å². The van der Waals surface area contributed by atoms with E-state index in [1.165, 1.54) is 6.42 Å². The molecule has 0 aromatic carbocycles. The highest BCUT2D eigenvalue weighted by Gasteiger charge is 2.36. The van der Waals surface area contributed by atoms with Crippen LogP contribution in [0.3, 0.4) is 0 Å². The maximum atomic E-state index is 12.3. The third kappa shape index (κ3) is 3.18. The molecule has 1 aliphatic carbocycles. The number of hydrogen-bond acceptors (Lipinski definition) is 3. The summed E-state index contributed by atoms with van der Waals surface area (Å²) in [5.74, 6) is 3.02. The molecule has 0 spiro atoms. The molecule has 2 atom stereocenters. The van der Waals surface area contributed by atoms with Gasteiger partial charge in [0, 0.05) is 13.0 Å². The lowest BCUT2D eigenvalue weighted by Crippen LogP contribution is -2.26. The Hall–Kier alpha value is -1.62. The number of rotatable bonds is 4. The summed E-state index contributed by atoms with van der Waals surface area (Å²) in [5, 5.41) is 0. The molecule has 0 aliphatic heterocycles. The molecule has 2 aromatic heterocycles. The molecule has 0 saturated heterocycles. The molecule has 0 N–H and O–H groups in total. The Morgan fingerprint density at radius 3 is 2.86 bits per heavy atom. The normalized spacial score (nSPS) is 20.3. The van der Waals surface area contributed by atoms with E-state index in [0.29, 0.717) is 28.7 Å². The average molecular weight is 349 g/mol. The first kappa shape index (κ1) is 14.3. The molecule has 5 heteroatoms. The van der Waals surface area contributed by atoms with Crippen LogP contribution in [0, 0.1) is 5.92 Å². The first-order valence-electron chi connectivity index (χ1n) is 7.01. The second-order valence-corrected chi connectivity index (χ2v) is 6.44. The van der Waals surface area contributed by atoms with Crippen LogP contribution in [0.15, 0.2) is 39.4 Å². The second kappa shape index (κ2) is 5.64. The van der Waals surface area contributed by atoms with E-state index in [1.807, 2.05) is 12.1 Å². The standard InChI is InChI=1S/C16H17BrN2O2/c1-10-8-12(10)14-7-6-11(21-14)9-19(2)16(20)13-4-3-5-15(17)18-13/h3-7,10,12H,8-9H2,1-2H3. The van der Waals surface area contributed by atoms with E-state index < -0.39 is 0 Å². The van der Waals surface area contributed by atoms with Crippen LogP contribution < -0.4 is 0 Å². The fourth-order valence-corrected chi connectivity index (χ4v) is 2.77. The molecule has 2 heterocycles. The number of halogens is 1. The number of furan rings is 1. The van der Waals surface area contributed by atoms with Gasteiger partial charge in [0.15, 0.2) is 0 Å². The quantitative estimate of drug-likeness (QED) is 0.788. The van der Waals surface area contributed by atoms with E-state index in [2.05, 4.69) is 27.8 Å². The van der Waals surface area contributed by atoms with Crippen molar-refractivity contribution in [2.75, 3.05) is 7.05 Å². The van der Waals surface area contributed by atoms with Crippen molar-refractivity contribution in [2.24, 2.45) is 5.92 Å². The maximum Gasteiger partial charge on any atom is 0.272 e. The number of pyridine rings is 1. The summed E-state index contributed by atoms with van der Waals surface area (Å²) in [6.07, 6.45) is 1.20. The van der Waals surface area contributed by atoms with Gasteiger partial charge in [-0.05, 0) is 52.5 Å². The SMILES string of the molecule is CC1CC1c1ccc(CN(C)C(=O)c2cccc(Br)n2)o1. The lowest BCUT2D eigenvalue weighted by Gasteiger charge is -2.15. The lowest BCUT2D eigenvalue weighted by molar-refractivity contribution is 0.0769. The number of aromatic nitrogens is 1. The molecule has 21 heavy (non-hydrogen) atoms. The number of nitrogens with zero attached hydrogens (tertiary/aromatic N) is 2. The Balaban J connectivity index is 1.66. The summed E-state index contributed by atoms with van der Waals surface area (Å²) in [6.45, 7) is 2.68. The molecule has 3 rings (SSSR count). The van der Waals surface area contributed by atoms with Gasteiger partial charge in [-0.3, -0.25) is 4.79 Å². The monoisotopic (exact) mass is 348 g/mol. The summed E-state index contributed by atoms with van der Waals surface area (Å²) >= 11 is 3.28. The van der Waals surface area contributed by atoms with Crippen LogP contribution in [0.1, 0.15) is 41.3 Å². The number of carbonyl (C=O) groups excluding carboxylic acids is 1. The first-order valence-corrected chi connectivity index (χ1v) is 7.80. The van der Waals surface area contributed by atoms with Gasteiger partial charge in [0.05, 0.1) is 6.54 Å². The molecule has 1 aliphatic rings. The Bertz CT molecular complexity index is 668. The van der Waals surface area contributed by atoms with E-state index in [9.17, 15) is 4.79 Å². The van der Waals surface area contributed by atoms with Crippen LogP contribution in [-0.2, 0) is 6.54 Å². The van der Waals surface area contributed by atoms with Gasteiger partial charge < -0.3 is 9.32 Å². The van der Waals surface area contributed by atoms with Gasteiger partial charge in [0.25, 0.3) is 5.91 Å². The van der Waals surface area contributed by atoms with Crippen molar-refractivity contribution in [3.63, 3.8) is 0 Å². The Morgan fingerprint density at radius 2 is 2.19 bits per heavy atom. The topological polar surface area (TPSA) is 46.3 Å². The zero-order chi connectivity index (χ0) is 15.0. The lowest BCUT2D eigenvalue weighted by atomic mass is 10.3. The summed E-state index contributed by atoms with van der Waals surface area (Å²) in [6, 6.07) is 9.30. The molecule has 1 fully saturated rings. The van der Waals surface area contributed by atoms with E-state index in [4.69, 9.17) is 4.42 Å². The largest absolute Gasteiger partial charge is 0.464 e. The summed E-state index contributed by atoms with van der Waals surface area (Å²) in [5.41, 5.74) is 0.425. The highest BCUT2D eigenvalue weighted by molar-refractivity contribution is 9.10. The molecule has 0 bridgehead atoms. The Kier molecular flexibility index (Phi) is 3.85. The average Bonchev–Trinajstić information content (AvgIpc) is 3.01. The van der Waals surface area contributed by atoms with Gasteiger partial charge >= 0.3 is 0 Å². The van der Waals surface area contributed by atoms with Crippen molar-refractivity contribution in [1.29, 1.82) is 0 Å². The Morgan fingerprint density at radius 1 is 1.43 bits per heavy atom. The molecule has 0 radical (unpaired) electrons. The predicted octanol–water partition coefficient (Wildman–Crippen LogP) is 3.83. The minimum Gasteiger partial charge on any atom is -0.464 e. The molecule has 1 amide bonds. The zero-order valence-electron chi connectivity index (χ0n) is 12.0. The van der Waals surface area contributed by atoms with Crippen LogP contribution in [-0.4, -0.2) is 22.8 Å². The summed E-state index contributed by atoms with van der Waals surface area (Å²) in [7, 11) is 1.76. The third-order valence-corrected chi connectivity index (χ3v) is 4.27. The highest BCUT2D eigenvalue weighted by Crippen LogP contribution is 2.47. The van der Waals surface area contributed by atoms with Gasteiger partial charge in [-0.1, -0.05) is 13.0 Å². The van der Waals surface area contributed by atoms with Crippen molar-refractivity contribution < 1.29 is 9.21 Å². The molecule has 1 saturated carbocycles. The van der Waals surface area contributed by atoms with E-state index in [-0.39, 0.29) is 5.91 Å². The zero-order valence-corrected chi connectivity index (χ0v) is 13.6. The molecule has 4 nitrogen and oxygen atoms in total. The smallest absolute Gasteiger partial charge is 0.272 e. The number of amides is 1. The van der Waals surface area contributed by atoms with Crippen molar-refractivity contribution >= 4 is 21.8 Å². The third-order valence-electron chi connectivity index (χ3n) is 3.83. The van der Waals surface area contributed by atoms with Gasteiger partial charge in [-0.15, -0.1) is 0 Å². The van der Waals surface area contributed by atoms with Gasteiger partial charge in [0.2, 0.25) is 0 Å². The summed E-state index contributed by atoms with van der Waals surface area (Å²) in [4.78, 5) is 18.1. The van der Waals surface area contributed by atoms with Crippen LogP contribution in [0.5, 0.6) is 0 Å². The minimum absolute atomic E-state index is 0.117. The van der Waals surface area contributed by atoms with Gasteiger partial charge in [-0.2, -0.15) is 0 Å². The molecule has 110 valence electrons. The molecule has 2 aromatic rings. The van der Waals surface area contributed by atoms with Gasteiger partial charge in [-0.25, -0.2) is 4.98 Å². The highest BCUT2D eigenvalue weighted by atomic mass is 79.9. The predicted molar refractivity (Wildman–Crippen MR) is 83.0 cm³/mol. The fourth-order valence-electron chi connectivity index (χ4n) is 2.43. The van der Waals surface area contributed by atoms with E-state index >= 15 is 0 Å². The van der Waals surface area contributed by atoms with Crippen LogP contribution in [0.2, 0.25) is 0 Å². The van der Waals surface area contributed by atoms with Crippen molar-refractivity contribution in [3.05, 3.63) is 52.1 Å². The van der Waals surface area contributed by atoms with Crippen molar-refractivity contribution in [2.45, 2.75) is 25.8 Å². The fraction of sp³-hybridized carbons (Fsp3) is 0.375. The number of hydrogen-bond donors (Lipinski definition) is 0. The molecular weight excluding hydrogens is 332 g/mol. The molecule has 2 unspecified atom stereocenters. The van der Waals surface area contributed by atoms with Gasteiger partial charge in [0.1, 0.15) is 21.8 Å². The van der Waals surface area contributed by atoms with Crippen LogP contribution >= 0.6 is 15.9 Å². The maximum absolute atomic E-state index is 12.3. The minimum atomic E-state index is -0.117. The van der Waals surface area contributed by atoms with E-state index in [1.54, 1.807) is 30.1 Å². The van der Waals surface area contributed by atoms with Crippen LogP contribution in [0.4, 0.5) is 0 Å². The first-order chi connectivity index (χ1) is 10.0. The Labute approximate surface area is 132 Å². The summed E-state index contributed by atoms with van der Waals surface area (Å²) < 4.78 is 6.49.